The first-order valence-corrected chi connectivity index (χ1v) is 9.17. The summed E-state index contributed by atoms with van der Waals surface area (Å²) >= 11 is 25.6. The van der Waals surface area contributed by atoms with E-state index < -0.39 is 0 Å². The van der Waals surface area contributed by atoms with Crippen LogP contribution >= 0.6 is 95.0 Å². The van der Waals surface area contributed by atoms with Gasteiger partial charge in [0, 0.05) is 9.75 Å². The van der Waals surface area contributed by atoms with Crippen LogP contribution in [0.2, 0.25) is 0 Å². The van der Waals surface area contributed by atoms with Gasteiger partial charge in [-0.15, -0.1) is 70.6 Å². The largest absolute Gasteiger partial charge is 0.145 e. The van der Waals surface area contributed by atoms with Gasteiger partial charge < -0.3 is 0 Å². The van der Waals surface area contributed by atoms with E-state index in [-0.39, 0.29) is 0 Å². The summed E-state index contributed by atoms with van der Waals surface area (Å²) in [5, 5.41) is 0. The minimum Gasteiger partial charge on any atom is -0.132 e. The van der Waals surface area contributed by atoms with Gasteiger partial charge >= 0.3 is 0 Å². The summed E-state index contributed by atoms with van der Waals surface area (Å²) in [7, 11) is 0. The molecule has 0 aliphatic rings. The standard InChI is InChI=1S/C8H6S8/c9-5-3(13-7(11)15-5)1-2-4-6(10)16-8(12)14-4/h9-10H,1-2H2. The molecule has 0 unspecified atom stereocenters. The molecule has 0 atom stereocenters. The van der Waals surface area contributed by atoms with E-state index in [2.05, 4.69) is 25.3 Å². The normalized spacial score (nSPS) is 10.9. The van der Waals surface area contributed by atoms with Gasteiger partial charge in [0.1, 0.15) is 6.28 Å². The van der Waals surface area contributed by atoms with Gasteiger partial charge in [-0.3, -0.25) is 0 Å². The topological polar surface area (TPSA) is 0 Å². The van der Waals surface area contributed by atoms with Crippen LogP contribution in [-0.4, -0.2) is 0 Å². The van der Waals surface area contributed by atoms with Crippen molar-refractivity contribution in [2.75, 3.05) is 0 Å². The van der Waals surface area contributed by atoms with Crippen molar-refractivity contribution in [2.45, 2.75) is 21.3 Å². The molecule has 0 saturated carbocycles. The number of hydrogen-bond donors (Lipinski definition) is 2. The third-order valence-corrected chi connectivity index (χ3v) is 8.33. The lowest BCUT2D eigenvalue weighted by Crippen LogP contribution is -1.86. The first-order valence-electron chi connectivity index (χ1n) is 4.20. The van der Waals surface area contributed by atoms with Crippen LogP contribution in [0.15, 0.2) is 8.42 Å². The highest BCUT2D eigenvalue weighted by Gasteiger charge is 2.08. The highest BCUT2D eigenvalue weighted by Crippen LogP contribution is 2.32. The Bertz CT molecular complexity index is 540. The molecule has 0 aliphatic carbocycles. The molecule has 8 heteroatoms. The Morgan fingerprint density at radius 3 is 1.38 bits per heavy atom. The molecule has 2 aromatic heterocycles. The van der Waals surface area contributed by atoms with E-state index in [0.717, 1.165) is 27.5 Å². The Hall–Kier alpha value is 1.24. The molecule has 0 aromatic carbocycles. The van der Waals surface area contributed by atoms with Crippen LogP contribution in [0.3, 0.4) is 0 Å². The highest BCUT2D eigenvalue weighted by molar-refractivity contribution is 7.85. The van der Waals surface area contributed by atoms with Crippen molar-refractivity contribution in [3.63, 3.8) is 0 Å². The van der Waals surface area contributed by atoms with Gasteiger partial charge in [0.05, 0.1) is 8.42 Å². The van der Waals surface area contributed by atoms with Gasteiger partial charge in [-0.2, -0.15) is 0 Å². The van der Waals surface area contributed by atoms with Gasteiger partial charge in [0.2, 0.25) is 0 Å². The molecule has 0 fully saturated rings. The molecule has 0 spiro atoms. The predicted molar refractivity (Wildman–Crippen MR) is 88.0 cm³/mol. The second kappa shape index (κ2) is 5.92. The zero-order valence-corrected chi connectivity index (χ0v) is 14.4. The van der Waals surface area contributed by atoms with Crippen LogP contribution in [0.1, 0.15) is 9.75 Å². The van der Waals surface area contributed by atoms with Gasteiger partial charge in [-0.05, 0) is 12.8 Å². The molecule has 0 radical (unpaired) electrons. The van der Waals surface area contributed by atoms with Gasteiger partial charge in [0.15, 0.2) is 0 Å². The second-order valence-corrected chi connectivity index (χ2v) is 11.0. The van der Waals surface area contributed by atoms with Crippen molar-refractivity contribution in [3.05, 3.63) is 16.0 Å². The van der Waals surface area contributed by atoms with Gasteiger partial charge in [-0.25, -0.2) is 0 Å². The van der Waals surface area contributed by atoms with E-state index in [1.54, 1.807) is 45.3 Å². The molecule has 0 saturated heterocycles. The van der Waals surface area contributed by atoms with Crippen molar-refractivity contribution in [3.8, 4) is 0 Å². The monoisotopic (exact) mass is 358 g/mol. The Labute approximate surface area is 131 Å². The van der Waals surface area contributed by atoms with Crippen molar-refractivity contribution >= 4 is 95.0 Å². The second-order valence-electron chi connectivity index (χ2n) is 2.86. The van der Waals surface area contributed by atoms with Crippen molar-refractivity contribution in [2.24, 2.45) is 0 Å². The Morgan fingerprint density at radius 1 is 0.750 bits per heavy atom. The molecule has 2 aromatic rings. The van der Waals surface area contributed by atoms with E-state index in [1.807, 2.05) is 0 Å². The molecule has 2 rings (SSSR count). The predicted octanol–water partition coefficient (Wildman–Crippen LogP) is 5.75. The third kappa shape index (κ3) is 3.38. The van der Waals surface area contributed by atoms with Gasteiger partial charge in [0.25, 0.3) is 0 Å². The fraction of sp³-hybridized carbons (Fsp3) is 0.250. The lowest BCUT2D eigenvalue weighted by Gasteiger charge is -1.97. The molecular formula is C8H6S8. The van der Waals surface area contributed by atoms with Crippen LogP contribution in [0, 0.1) is 6.28 Å². The summed E-state index contributed by atoms with van der Waals surface area (Å²) in [6.45, 7) is 0. The fourth-order valence-corrected chi connectivity index (χ4v) is 7.70. The van der Waals surface area contributed by atoms with Crippen LogP contribution < -0.4 is 0 Å². The number of rotatable bonds is 3. The molecule has 16 heavy (non-hydrogen) atoms. The minimum atomic E-state index is 0.948. The zero-order chi connectivity index (χ0) is 11.7. The molecule has 0 nitrogen and oxygen atoms in total. The maximum atomic E-state index is 5.14. The average molecular weight is 359 g/mol. The van der Waals surface area contributed by atoms with Crippen LogP contribution in [0.25, 0.3) is 0 Å². The first-order chi connectivity index (χ1) is 7.56. The quantitative estimate of drug-likeness (QED) is 0.529. The minimum absolute atomic E-state index is 0.948. The van der Waals surface area contributed by atoms with Crippen molar-refractivity contribution < 1.29 is 0 Å². The summed E-state index contributed by atoms with van der Waals surface area (Å²) in [6.07, 6.45) is 1.96. The van der Waals surface area contributed by atoms with E-state index >= 15 is 0 Å². The summed E-state index contributed by atoms with van der Waals surface area (Å²) < 4.78 is 4.00. The SMILES string of the molecule is S=c1sc(S)c(CCc2sc(=S)sc2S)s1. The summed E-state index contributed by atoms with van der Waals surface area (Å²) in [5.74, 6) is 0. The van der Waals surface area contributed by atoms with Crippen LogP contribution in [0.4, 0.5) is 0 Å². The molecule has 0 N–H and O–H groups in total. The third-order valence-electron chi connectivity index (χ3n) is 1.83. The number of hydrogen-bond acceptors (Lipinski definition) is 8. The lowest BCUT2D eigenvalue weighted by atomic mass is 10.3. The Kier molecular flexibility index (Phi) is 5.06. The Balaban J connectivity index is 2.13. The molecule has 2 heterocycles. The summed E-state index contributed by atoms with van der Waals surface area (Å²) in [4.78, 5) is 2.55. The number of thiol groups is 2. The number of aryl methyl sites for hydroxylation is 2. The maximum Gasteiger partial charge on any atom is 0.145 e. The lowest BCUT2D eigenvalue weighted by molar-refractivity contribution is 0.976. The Morgan fingerprint density at radius 2 is 1.12 bits per heavy atom. The summed E-state index contributed by atoms with van der Waals surface area (Å²) in [6, 6.07) is 0. The molecule has 0 aliphatic heterocycles. The molecular weight excluding hydrogens is 353 g/mol. The molecule has 0 amide bonds. The van der Waals surface area contributed by atoms with E-state index in [4.69, 9.17) is 24.4 Å². The smallest absolute Gasteiger partial charge is 0.132 e. The van der Waals surface area contributed by atoms with Crippen molar-refractivity contribution in [1.29, 1.82) is 0 Å². The highest BCUT2D eigenvalue weighted by atomic mass is 32.2. The average Bonchev–Trinajstić information content (AvgIpc) is 2.66. The van der Waals surface area contributed by atoms with Crippen molar-refractivity contribution in [1.82, 2.24) is 0 Å². The van der Waals surface area contributed by atoms with Crippen LogP contribution in [0.5, 0.6) is 0 Å². The van der Waals surface area contributed by atoms with Crippen LogP contribution in [-0.2, 0) is 12.8 Å². The van der Waals surface area contributed by atoms with E-state index in [9.17, 15) is 0 Å². The fourth-order valence-electron chi connectivity index (χ4n) is 1.14. The molecule has 86 valence electrons. The maximum absolute atomic E-state index is 5.14. The van der Waals surface area contributed by atoms with E-state index in [0.29, 0.717) is 0 Å². The molecule has 0 bridgehead atoms. The summed E-state index contributed by atoms with van der Waals surface area (Å²) in [5.41, 5.74) is 0. The first kappa shape index (κ1) is 13.7. The zero-order valence-electron chi connectivity index (χ0n) is 7.76. The van der Waals surface area contributed by atoms with Gasteiger partial charge in [-0.1, -0.05) is 24.4 Å². The van der Waals surface area contributed by atoms with E-state index in [1.165, 1.54) is 9.75 Å².